The zero-order valence-electron chi connectivity index (χ0n) is 28.1. The van der Waals surface area contributed by atoms with Gasteiger partial charge in [0, 0.05) is 56.0 Å². The van der Waals surface area contributed by atoms with Crippen LogP contribution in [-0.4, -0.2) is 102 Å². The number of ether oxygens (including phenoxy) is 1. The number of para-hydroxylation sites is 2. The predicted molar refractivity (Wildman–Crippen MR) is 191 cm³/mol. The van der Waals surface area contributed by atoms with E-state index >= 15 is 0 Å². The maximum atomic E-state index is 12.4. The Kier molecular flexibility index (Phi) is 15.1. The molecule has 2 heterocycles. The van der Waals surface area contributed by atoms with Crippen molar-refractivity contribution in [2.24, 2.45) is 0 Å². The quantitative estimate of drug-likeness (QED) is 0.252. The molecule has 0 saturated carbocycles. The zero-order valence-corrected chi connectivity index (χ0v) is 28.9. The number of hydrogen-bond acceptors (Lipinski definition) is 9. The first-order chi connectivity index (χ1) is 23.0. The zero-order chi connectivity index (χ0) is 35.1. The topological polar surface area (TPSA) is 124 Å². The van der Waals surface area contributed by atoms with Gasteiger partial charge in [0.15, 0.2) is 22.5 Å². The standard InChI is InChI=1S/C16H26N4O.C13H11NO5.C7H7Cl/c1-18(2)9-8-17-16(21)14-6-4-5-7-15(14)20-12-10-19(3)11-13-20;1-18-10-4-2-3-8-9(16)7-11(19-12(8)10)13(17)14-5-6-15;1-6-2-4-7(8)5-3-6/h4-7H,8-13H2,1-3H3,(H,17,21);2-4,6-7H,5H2,1H3,(H,14,17);2-5H,1H3. The summed E-state index contributed by atoms with van der Waals surface area (Å²) in [6, 6.07) is 21.6. The van der Waals surface area contributed by atoms with Crippen LogP contribution in [0.25, 0.3) is 11.0 Å². The van der Waals surface area contributed by atoms with Gasteiger partial charge in [0.2, 0.25) is 0 Å². The van der Waals surface area contributed by atoms with Crippen molar-refractivity contribution in [3.63, 3.8) is 0 Å². The number of methoxy groups -OCH3 is 1. The lowest BCUT2D eigenvalue weighted by molar-refractivity contribution is -0.107. The Morgan fingerprint density at radius 1 is 0.958 bits per heavy atom. The lowest BCUT2D eigenvalue weighted by atomic mass is 10.1. The number of nitrogens with one attached hydrogen (secondary N) is 2. The van der Waals surface area contributed by atoms with Crippen LogP contribution in [0.2, 0.25) is 5.02 Å². The Morgan fingerprint density at radius 3 is 2.27 bits per heavy atom. The average Bonchev–Trinajstić information content (AvgIpc) is 3.09. The minimum Gasteiger partial charge on any atom is -0.493 e. The molecular weight excluding hydrogens is 634 g/mol. The molecule has 0 bridgehead atoms. The summed E-state index contributed by atoms with van der Waals surface area (Å²) in [7, 11) is 7.58. The number of aldehydes is 1. The Bertz CT molecular complexity index is 1680. The molecule has 0 atom stereocenters. The number of benzene rings is 3. The van der Waals surface area contributed by atoms with Gasteiger partial charge in [-0.05, 0) is 64.5 Å². The molecule has 4 aromatic rings. The number of carbonyl (C=O) groups is 3. The number of anilines is 1. The molecule has 0 spiro atoms. The van der Waals surface area contributed by atoms with Gasteiger partial charge in [0.25, 0.3) is 11.8 Å². The van der Waals surface area contributed by atoms with E-state index in [-0.39, 0.29) is 29.2 Å². The minimum absolute atomic E-state index is 0.0198. The Morgan fingerprint density at radius 2 is 1.65 bits per heavy atom. The molecule has 11 nitrogen and oxygen atoms in total. The lowest BCUT2D eigenvalue weighted by Gasteiger charge is -2.35. The highest BCUT2D eigenvalue weighted by Gasteiger charge is 2.19. The highest BCUT2D eigenvalue weighted by molar-refractivity contribution is 6.30. The van der Waals surface area contributed by atoms with Crippen molar-refractivity contribution in [1.29, 1.82) is 0 Å². The van der Waals surface area contributed by atoms with E-state index in [1.54, 1.807) is 18.2 Å². The SMILES string of the molecule is CN(C)CCNC(=O)c1ccccc1N1CCN(C)CC1.COc1cccc2c(=O)cc(C(=O)NCC=O)oc12.Cc1ccc(Cl)cc1. The molecule has 12 heteroatoms. The Balaban J connectivity index is 0.000000213. The molecule has 1 saturated heterocycles. The maximum Gasteiger partial charge on any atom is 0.287 e. The second-order valence-corrected chi connectivity index (χ2v) is 11.8. The number of halogens is 1. The van der Waals surface area contributed by atoms with Crippen molar-refractivity contribution in [3.8, 4) is 5.75 Å². The van der Waals surface area contributed by atoms with Gasteiger partial charge >= 0.3 is 0 Å². The number of fused-ring (bicyclic) bond motifs is 1. The van der Waals surface area contributed by atoms with Crippen molar-refractivity contribution in [2.75, 3.05) is 79.0 Å². The van der Waals surface area contributed by atoms with Gasteiger partial charge in [-0.2, -0.15) is 0 Å². The smallest absolute Gasteiger partial charge is 0.287 e. The molecule has 1 aliphatic heterocycles. The van der Waals surface area contributed by atoms with Gasteiger partial charge in [-0.3, -0.25) is 14.4 Å². The Labute approximate surface area is 286 Å². The van der Waals surface area contributed by atoms with Crippen molar-refractivity contribution in [2.45, 2.75) is 6.92 Å². The summed E-state index contributed by atoms with van der Waals surface area (Å²) in [5, 5.41) is 6.43. The highest BCUT2D eigenvalue weighted by atomic mass is 35.5. The third-order valence-corrected chi connectivity index (χ3v) is 7.61. The van der Waals surface area contributed by atoms with Crippen LogP contribution in [0.15, 0.2) is 82.0 Å². The van der Waals surface area contributed by atoms with Crippen LogP contribution in [-0.2, 0) is 4.79 Å². The Hall–Kier alpha value is -4.71. The molecule has 1 fully saturated rings. The number of carbonyl (C=O) groups excluding carboxylic acids is 3. The minimum atomic E-state index is -0.628. The number of aryl methyl sites for hydroxylation is 1. The molecule has 1 aliphatic rings. The fourth-order valence-corrected chi connectivity index (χ4v) is 4.78. The van der Waals surface area contributed by atoms with E-state index in [0.29, 0.717) is 24.0 Å². The summed E-state index contributed by atoms with van der Waals surface area (Å²) >= 11 is 5.61. The van der Waals surface area contributed by atoms with Crippen molar-refractivity contribution in [3.05, 3.63) is 105 Å². The molecule has 1 aromatic heterocycles. The van der Waals surface area contributed by atoms with Crippen LogP contribution in [0.4, 0.5) is 5.69 Å². The van der Waals surface area contributed by atoms with E-state index < -0.39 is 5.91 Å². The van der Waals surface area contributed by atoms with Gasteiger partial charge in [-0.15, -0.1) is 0 Å². The fraction of sp³-hybridized carbons (Fsp3) is 0.333. The first-order valence-electron chi connectivity index (χ1n) is 15.5. The number of nitrogens with zero attached hydrogens (tertiary/aromatic N) is 3. The summed E-state index contributed by atoms with van der Waals surface area (Å²) in [4.78, 5) is 52.8. The number of piperazine rings is 1. The molecule has 0 aliphatic carbocycles. The predicted octanol–water partition coefficient (Wildman–Crippen LogP) is 4.11. The third-order valence-electron chi connectivity index (χ3n) is 7.36. The third kappa shape index (κ3) is 11.5. The molecule has 2 N–H and O–H groups in total. The number of rotatable bonds is 9. The van der Waals surface area contributed by atoms with E-state index in [1.807, 2.05) is 69.6 Å². The average molecular weight is 678 g/mol. The summed E-state index contributed by atoms with van der Waals surface area (Å²) in [5.74, 6) is -0.410. The van der Waals surface area contributed by atoms with Crippen LogP contribution < -0.4 is 25.7 Å². The highest BCUT2D eigenvalue weighted by Crippen LogP contribution is 2.24. The van der Waals surface area contributed by atoms with Gasteiger partial charge in [0.1, 0.15) is 6.29 Å². The molecular formula is C36H44ClN5O6. The van der Waals surface area contributed by atoms with Gasteiger partial charge < -0.3 is 39.3 Å². The first kappa shape index (κ1) is 37.7. The summed E-state index contributed by atoms with van der Waals surface area (Å²) < 4.78 is 10.4. The summed E-state index contributed by atoms with van der Waals surface area (Å²) in [6.45, 7) is 7.43. The molecule has 2 amide bonds. The molecule has 0 unspecified atom stereocenters. The largest absolute Gasteiger partial charge is 0.493 e. The number of amides is 2. The van der Waals surface area contributed by atoms with Crippen LogP contribution in [0.1, 0.15) is 26.5 Å². The van der Waals surface area contributed by atoms with Gasteiger partial charge in [-0.25, -0.2) is 0 Å². The van der Waals surface area contributed by atoms with E-state index in [0.717, 1.165) is 55.1 Å². The lowest BCUT2D eigenvalue weighted by Crippen LogP contribution is -2.45. The number of likely N-dealkylation sites (N-methyl/N-ethyl adjacent to an activating group) is 2. The normalized spacial score (nSPS) is 12.7. The second-order valence-electron chi connectivity index (χ2n) is 11.4. The van der Waals surface area contributed by atoms with E-state index in [4.69, 9.17) is 20.8 Å². The summed E-state index contributed by atoms with van der Waals surface area (Å²) in [6.07, 6.45) is 0.539. The van der Waals surface area contributed by atoms with Crippen LogP contribution in [0, 0.1) is 6.92 Å². The van der Waals surface area contributed by atoms with E-state index in [2.05, 4.69) is 32.4 Å². The van der Waals surface area contributed by atoms with Gasteiger partial charge in [0.05, 0.1) is 24.6 Å². The maximum absolute atomic E-state index is 12.4. The molecule has 5 rings (SSSR count). The van der Waals surface area contributed by atoms with E-state index in [9.17, 15) is 19.2 Å². The molecule has 48 heavy (non-hydrogen) atoms. The fourth-order valence-electron chi connectivity index (χ4n) is 4.66. The number of hydrogen-bond donors (Lipinski definition) is 2. The monoisotopic (exact) mass is 677 g/mol. The van der Waals surface area contributed by atoms with Crippen molar-refractivity contribution >= 4 is 46.4 Å². The summed E-state index contributed by atoms with van der Waals surface area (Å²) in [5.41, 5.74) is 2.92. The first-order valence-corrected chi connectivity index (χ1v) is 15.9. The van der Waals surface area contributed by atoms with Crippen molar-refractivity contribution < 1.29 is 23.5 Å². The molecule has 256 valence electrons. The van der Waals surface area contributed by atoms with Gasteiger partial charge in [-0.1, -0.05) is 47.5 Å². The molecule has 3 aromatic carbocycles. The van der Waals surface area contributed by atoms with Crippen LogP contribution in [0.5, 0.6) is 5.75 Å². The van der Waals surface area contributed by atoms with Crippen molar-refractivity contribution in [1.82, 2.24) is 20.4 Å². The molecule has 0 radical (unpaired) electrons. The van der Waals surface area contributed by atoms with Crippen LogP contribution in [0.3, 0.4) is 0 Å². The van der Waals surface area contributed by atoms with E-state index in [1.165, 1.54) is 12.7 Å². The van der Waals surface area contributed by atoms with Crippen LogP contribution >= 0.6 is 11.6 Å². The second kappa shape index (κ2) is 19.2.